The maximum atomic E-state index is 15.1. The molecule has 3 heterocycles. The SMILES string of the molecule is COc1cc2ccc3cc2cc1CCCC(C)(C)CCOC(=O)N[C@@H](C1CCOCC1)C(=O)N1C[C@@]3(OC)C[C@H]1C(=O)N[C@]1(C(=O)NS(=O)(=O)C2CC2)C[C@H]1C1CC1. The van der Waals surface area contributed by atoms with Crippen LogP contribution in [-0.2, 0) is 50.6 Å². The number of fused-ring (bicyclic) bond motifs is 5. The van der Waals surface area contributed by atoms with Gasteiger partial charge in [-0.3, -0.25) is 19.1 Å². The van der Waals surface area contributed by atoms with E-state index in [1.807, 2.05) is 18.2 Å². The molecule has 3 saturated carbocycles. The zero-order valence-electron chi connectivity index (χ0n) is 34.1. The highest BCUT2D eigenvalue weighted by Gasteiger charge is 2.67. The molecule has 2 saturated heterocycles. The van der Waals surface area contributed by atoms with E-state index in [2.05, 4.69) is 41.3 Å². The molecule has 316 valence electrons. The molecule has 0 unspecified atom stereocenters. The monoisotopic (exact) mass is 822 g/mol. The first-order valence-electron chi connectivity index (χ1n) is 21.0. The van der Waals surface area contributed by atoms with E-state index in [-0.39, 0.29) is 42.7 Å². The summed E-state index contributed by atoms with van der Waals surface area (Å²) in [6.45, 7) is 5.30. The highest BCUT2D eigenvalue weighted by Crippen LogP contribution is 2.57. The Labute approximate surface area is 340 Å². The number of benzene rings is 2. The number of nitrogens with zero attached hydrogens (tertiary/aromatic N) is 1. The minimum absolute atomic E-state index is 0.0130. The molecule has 14 nitrogen and oxygen atoms in total. The molecule has 15 heteroatoms. The molecule has 4 amide bonds. The van der Waals surface area contributed by atoms with Crippen LogP contribution < -0.4 is 20.1 Å². The van der Waals surface area contributed by atoms with Gasteiger partial charge < -0.3 is 34.5 Å². The minimum atomic E-state index is -3.88. The fourth-order valence-corrected chi connectivity index (χ4v) is 11.1. The Hall–Kier alpha value is -3.95. The van der Waals surface area contributed by atoms with E-state index in [9.17, 15) is 22.8 Å². The van der Waals surface area contributed by atoms with Gasteiger partial charge in [-0.15, -0.1) is 0 Å². The van der Waals surface area contributed by atoms with Crippen molar-refractivity contribution in [2.75, 3.05) is 40.6 Å². The van der Waals surface area contributed by atoms with Crippen molar-refractivity contribution in [2.24, 2.45) is 23.2 Å². The van der Waals surface area contributed by atoms with Crippen molar-refractivity contribution in [2.45, 2.75) is 119 Å². The number of amides is 4. The van der Waals surface area contributed by atoms with Crippen LogP contribution in [0.15, 0.2) is 30.3 Å². The lowest BCUT2D eigenvalue weighted by atomic mass is 9.83. The number of carbonyl (C=O) groups excluding carboxylic acids is 4. The molecule has 6 aliphatic rings. The maximum Gasteiger partial charge on any atom is 0.407 e. The van der Waals surface area contributed by atoms with Crippen molar-refractivity contribution in [3.05, 3.63) is 41.5 Å². The number of hydrogen-bond acceptors (Lipinski definition) is 10. The number of carbonyl (C=O) groups is 4. The first kappa shape index (κ1) is 40.8. The molecule has 2 aromatic rings. The molecule has 2 aromatic carbocycles. The van der Waals surface area contributed by atoms with Crippen molar-refractivity contribution in [1.82, 2.24) is 20.3 Å². The van der Waals surface area contributed by atoms with Crippen molar-refractivity contribution < 1.29 is 46.5 Å². The van der Waals surface area contributed by atoms with E-state index in [1.54, 1.807) is 14.2 Å². The van der Waals surface area contributed by atoms with E-state index < -0.39 is 62.3 Å². The van der Waals surface area contributed by atoms with Gasteiger partial charge in [0.25, 0.3) is 5.91 Å². The van der Waals surface area contributed by atoms with E-state index in [1.165, 1.54) is 4.90 Å². The number of aryl methyl sites for hydroxylation is 1. The predicted octanol–water partition coefficient (Wildman–Crippen LogP) is 4.46. The van der Waals surface area contributed by atoms with Crippen molar-refractivity contribution in [3.63, 3.8) is 0 Å². The number of cyclic esters (lactones) is 1. The lowest BCUT2D eigenvalue weighted by Crippen LogP contribution is -2.59. The van der Waals surface area contributed by atoms with E-state index in [0.717, 1.165) is 59.8 Å². The molecule has 5 atom stereocenters. The first-order valence-corrected chi connectivity index (χ1v) is 22.6. The van der Waals surface area contributed by atoms with Crippen LogP contribution in [0.1, 0.15) is 95.6 Å². The standard InChI is InChI=1S/C43H58N4O10S/c1-41(2)15-5-6-29-20-30-21-31(10-9-28(30)22-35(29)54-3)42(55-4)24-34(47(25-42)38(49)36(27-13-17-56-18-14-27)44-40(51)57-19-16-41)37(48)45-43(23-33(43)26-7-8-26)39(50)46-58(52,53)32-11-12-32/h9-10,20-22,26-27,32-34,36H,5-8,11-19,23-25H2,1-4H3,(H,44,51)(H,45,48)(H,46,50)/t33-,34-,36-,42-,43+/m0/s1. The van der Waals surface area contributed by atoms with E-state index in [0.29, 0.717) is 51.7 Å². The zero-order chi connectivity index (χ0) is 41.0. The Bertz CT molecular complexity index is 2060. The third-order valence-electron chi connectivity index (χ3n) is 13.8. The van der Waals surface area contributed by atoms with Crippen molar-refractivity contribution in [1.29, 1.82) is 0 Å². The number of nitrogens with one attached hydrogen (secondary N) is 3. The summed E-state index contributed by atoms with van der Waals surface area (Å²) in [6.07, 6.45) is 6.66. The summed E-state index contributed by atoms with van der Waals surface area (Å²) in [5, 5.41) is 7.24. The smallest absolute Gasteiger partial charge is 0.407 e. The second kappa shape index (κ2) is 15.6. The second-order valence-corrected chi connectivity index (χ2v) is 20.3. The Morgan fingerprint density at radius 2 is 1.67 bits per heavy atom. The van der Waals surface area contributed by atoms with Gasteiger partial charge in [0.15, 0.2) is 0 Å². The summed E-state index contributed by atoms with van der Waals surface area (Å²) in [5.41, 5.74) is -0.852. The Kier molecular flexibility index (Phi) is 11.0. The van der Waals surface area contributed by atoms with Gasteiger partial charge in [0, 0.05) is 26.7 Å². The topological polar surface area (TPSA) is 179 Å². The van der Waals surface area contributed by atoms with Gasteiger partial charge >= 0.3 is 6.09 Å². The van der Waals surface area contributed by atoms with Crippen LogP contribution in [0, 0.1) is 23.2 Å². The van der Waals surface area contributed by atoms with Crippen LogP contribution in [0.3, 0.4) is 0 Å². The third-order valence-corrected chi connectivity index (χ3v) is 15.6. The largest absolute Gasteiger partial charge is 0.496 e. The molecule has 0 spiro atoms. The van der Waals surface area contributed by atoms with Gasteiger partial charge in [-0.25, -0.2) is 13.2 Å². The third kappa shape index (κ3) is 8.15. The molecule has 8 rings (SSSR count). The van der Waals surface area contributed by atoms with E-state index >= 15 is 4.79 Å². The zero-order valence-corrected chi connectivity index (χ0v) is 34.9. The molecule has 5 bridgehead atoms. The van der Waals surface area contributed by atoms with Crippen LogP contribution in [0.2, 0.25) is 0 Å². The number of sulfonamides is 1. The summed E-state index contributed by atoms with van der Waals surface area (Å²) in [6, 6.07) is 8.03. The maximum absolute atomic E-state index is 15.1. The summed E-state index contributed by atoms with van der Waals surface area (Å²) in [5.74, 6) is -1.25. The summed E-state index contributed by atoms with van der Waals surface area (Å²) in [7, 11) is -0.638. The van der Waals surface area contributed by atoms with E-state index in [4.69, 9.17) is 18.9 Å². The fourth-order valence-electron chi connectivity index (χ4n) is 9.69. The fraction of sp³-hybridized carbons (Fsp3) is 0.674. The van der Waals surface area contributed by atoms with Crippen LogP contribution >= 0.6 is 0 Å². The van der Waals surface area contributed by atoms with Crippen LogP contribution in [0.5, 0.6) is 5.75 Å². The molecule has 58 heavy (non-hydrogen) atoms. The Morgan fingerprint density at radius 1 is 0.914 bits per heavy atom. The highest BCUT2D eigenvalue weighted by atomic mass is 32.2. The molecule has 5 fully saturated rings. The van der Waals surface area contributed by atoms with Gasteiger partial charge in [0.2, 0.25) is 21.8 Å². The van der Waals surface area contributed by atoms with Crippen molar-refractivity contribution in [3.8, 4) is 5.75 Å². The van der Waals surface area contributed by atoms with Crippen LogP contribution in [0.4, 0.5) is 4.79 Å². The highest BCUT2D eigenvalue weighted by molar-refractivity contribution is 7.91. The van der Waals surface area contributed by atoms with Gasteiger partial charge in [-0.05, 0) is 134 Å². The molecule has 3 aliphatic carbocycles. The lowest BCUT2D eigenvalue weighted by Gasteiger charge is -2.35. The summed E-state index contributed by atoms with van der Waals surface area (Å²) in [4.78, 5) is 58.9. The Balaban J connectivity index is 1.18. The minimum Gasteiger partial charge on any atom is -0.496 e. The van der Waals surface area contributed by atoms with Crippen LogP contribution in [-0.4, -0.2) is 101 Å². The summed E-state index contributed by atoms with van der Waals surface area (Å²) < 4.78 is 51.8. The van der Waals surface area contributed by atoms with Gasteiger partial charge in [0.1, 0.15) is 29.0 Å². The first-order chi connectivity index (χ1) is 27.7. The van der Waals surface area contributed by atoms with Gasteiger partial charge in [0.05, 0.1) is 25.5 Å². The lowest BCUT2D eigenvalue weighted by molar-refractivity contribution is -0.143. The van der Waals surface area contributed by atoms with Gasteiger partial charge in [-0.2, -0.15) is 0 Å². The predicted molar refractivity (Wildman–Crippen MR) is 214 cm³/mol. The number of alkyl carbamates (subject to hydrolysis) is 1. The second-order valence-electron chi connectivity index (χ2n) is 18.4. The normalized spacial score (nSPS) is 30.8. The number of rotatable bonds is 9. The Morgan fingerprint density at radius 3 is 2.36 bits per heavy atom. The molecule has 3 aliphatic heterocycles. The average Bonchev–Trinajstić information content (AvgIpc) is 4.08. The van der Waals surface area contributed by atoms with Crippen molar-refractivity contribution >= 4 is 44.6 Å². The summed E-state index contributed by atoms with van der Waals surface area (Å²) >= 11 is 0. The molecular formula is C43H58N4O10S. The average molecular weight is 823 g/mol. The molecular weight excluding hydrogens is 765 g/mol. The number of ether oxygens (including phenoxy) is 4. The molecule has 0 aromatic heterocycles. The number of hydrogen-bond donors (Lipinski definition) is 3. The number of methoxy groups -OCH3 is 2. The quantitative estimate of drug-likeness (QED) is 0.327. The van der Waals surface area contributed by atoms with Crippen LogP contribution in [0.25, 0.3) is 10.8 Å². The van der Waals surface area contributed by atoms with Gasteiger partial charge in [-0.1, -0.05) is 26.0 Å². The molecule has 0 radical (unpaired) electrons. The molecule has 3 N–H and O–H groups in total.